The number of carbonyl (C=O) groups is 1. The molecule has 0 unspecified atom stereocenters. The van der Waals surface area contributed by atoms with Crippen LogP contribution in [0.25, 0.3) is 0 Å². The minimum absolute atomic E-state index is 0.0370. The highest BCUT2D eigenvalue weighted by Gasteiger charge is 1.99. The third-order valence-corrected chi connectivity index (χ3v) is 1.69. The predicted molar refractivity (Wildman–Crippen MR) is 55.6 cm³/mol. The average Bonchev–Trinajstić information content (AvgIpc) is 2.20. The summed E-state index contributed by atoms with van der Waals surface area (Å²) >= 11 is 0. The van der Waals surface area contributed by atoms with E-state index in [2.05, 4.69) is 9.99 Å². The van der Waals surface area contributed by atoms with Crippen molar-refractivity contribution < 1.29 is 25.0 Å². The lowest BCUT2D eigenvalue weighted by atomic mass is 10.2. The van der Waals surface area contributed by atoms with Crippen molar-refractivity contribution in [2.24, 2.45) is 5.16 Å². The van der Waals surface area contributed by atoms with Gasteiger partial charge in [0, 0.05) is 11.6 Å². The largest absolute Gasteiger partial charge is 0.508 e. The molecule has 1 aromatic rings. The Morgan fingerprint density at radius 3 is 2.81 bits per heavy atom. The lowest BCUT2D eigenvalue weighted by Gasteiger charge is -1.99. The Balaban J connectivity index is 2.47. The highest BCUT2D eigenvalue weighted by molar-refractivity contribution is 5.83. The minimum Gasteiger partial charge on any atom is -0.508 e. The third-order valence-electron chi connectivity index (χ3n) is 1.69. The van der Waals surface area contributed by atoms with Crippen LogP contribution in [-0.4, -0.2) is 34.1 Å². The first-order valence-corrected chi connectivity index (χ1v) is 4.48. The fourth-order valence-corrected chi connectivity index (χ4v) is 0.921. The van der Waals surface area contributed by atoms with Crippen molar-refractivity contribution in [2.45, 2.75) is 6.42 Å². The predicted octanol–water partition coefficient (Wildman–Crippen LogP) is 0.923. The van der Waals surface area contributed by atoms with E-state index in [4.69, 9.17) is 10.2 Å². The fourth-order valence-electron chi connectivity index (χ4n) is 0.921. The summed E-state index contributed by atoms with van der Waals surface area (Å²) in [6.07, 6.45) is 1.09. The molecule has 0 aromatic heterocycles. The molecule has 16 heavy (non-hydrogen) atoms. The van der Waals surface area contributed by atoms with E-state index >= 15 is 0 Å². The quantitative estimate of drug-likeness (QED) is 0.393. The van der Waals surface area contributed by atoms with Crippen LogP contribution in [0, 0.1) is 0 Å². The molecular formula is C10H11NO5. The van der Waals surface area contributed by atoms with Crippen LogP contribution in [-0.2, 0) is 9.63 Å². The van der Waals surface area contributed by atoms with Crippen molar-refractivity contribution in [3.63, 3.8) is 0 Å². The molecule has 0 atom stereocenters. The smallest absolute Gasteiger partial charge is 0.306 e. The lowest BCUT2D eigenvalue weighted by molar-refractivity contribution is -0.138. The van der Waals surface area contributed by atoms with E-state index in [1.165, 1.54) is 24.4 Å². The minimum atomic E-state index is -0.970. The van der Waals surface area contributed by atoms with E-state index in [1.54, 1.807) is 0 Å². The van der Waals surface area contributed by atoms with Gasteiger partial charge < -0.3 is 20.2 Å². The Kier molecular flexibility index (Phi) is 4.14. The number of aromatic hydroxyl groups is 2. The van der Waals surface area contributed by atoms with Crippen LogP contribution in [0.15, 0.2) is 23.4 Å². The van der Waals surface area contributed by atoms with E-state index in [0.717, 1.165) is 0 Å². The standard InChI is InChI=1S/C10H11NO5/c12-8-2-1-7(9(13)5-8)6-11-16-4-3-10(14)15/h1-2,5-6,12-13H,3-4H2,(H,14,15)/b11-6+. The molecule has 1 aromatic carbocycles. The summed E-state index contributed by atoms with van der Waals surface area (Å²) in [5.74, 6) is -1.16. The van der Waals surface area contributed by atoms with Crippen LogP contribution >= 0.6 is 0 Å². The fraction of sp³-hybridized carbons (Fsp3) is 0.200. The molecular weight excluding hydrogens is 214 g/mol. The van der Waals surface area contributed by atoms with Gasteiger partial charge in [-0.3, -0.25) is 4.79 Å². The molecule has 0 saturated heterocycles. The van der Waals surface area contributed by atoms with Gasteiger partial charge in [-0.2, -0.15) is 0 Å². The van der Waals surface area contributed by atoms with Crippen molar-refractivity contribution in [2.75, 3.05) is 6.61 Å². The molecule has 0 bridgehead atoms. The van der Waals surface area contributed by atoms with E-state index in [1.807, 2.05) is 0 Å². The van der Waals surface area contributed by atoms with Crippen molar-refractivity contribution in [3.05, 3.63) is 23.8 Å². The second-order valence-corrected chi connectivity index (χ2v) is 2.95. The number of hydrogen-bond donors (Lipinski definition) is 3. The Morgan fingerprint density at radius 2 is 2.19 bits per heavy atom. The summed E-state index contributed by atoms with van der Waals surface area (Å²) in [5.41, 5.74) is 0.369. The first-order chi connectivity index (χ1) is 7.59. The molecule has 0 amide bonds. The third kappa shape index (κ3) is 3.87. The zero-order chi connectivity index (χ0) is 12.0. The molecule has 0 radical (unpaired) electrons. The van der Waals surface area contributed by atoms with Crippen LogP contribution < -0.4 is 0 Å². The number of benzene rings is 1. The number of phenols is 2. The highest BCUT2D eigenvalue weighted by Crippen LogP contribution is 2.20. The Bertz CT molecular complexity index is 402. The number of nitrogens with zero attached hydrogens (tertiary/aromatic N) is 1. The highest BCUT2D eigenvalue weighted by atomic mass is 16.6. The molecule has 0 heterocycles. The summed E-state index contributed by atoms with van der Waals surface area (Å²) < 4.78 is 0. The van der Waals surface area contributed by atoms with Crippen LogP contribution in [0.3, 0.4) is 0 Å². The van der Waals surface area contributed by atoms with E-state index < -0.39 is 5.97 Å². The zero-order valence-corrected chi connectivity index (χ0v) is 8.33. The molecule has 0 aliphatic heterocycles. The molecule has 6 heteroatoms. The second-order valence-electron chi connectivity index (χ2n) is 2.95. The Labute approximate surface area is 91.4 Å². The van der Waals surface area contributed by atoms with Gasteiger partial charge in [-0.1, -0.05) is 5.16 Å². The van der Waals surface area contributed by atoms with Gasteiger partial charge in [-0.05, 0) is 12.1 Å². The van der Waals surface area contributed by atoms with Gasteiger partial charge >= 0.3 is 5.97 Å². The molecule has 86 valence electrons. The molecule has 0 fully saturated rings. The summed E-state index contributed by atoms with van der Waals surface area (Å²) in [5, 5.41) is 30.1. The number of oxime groups is 1. The van der Waals surface area contributed by atoms with Crippen LogP contribution in [0.1, 0.15) is 12.0 Å². The van der Waals surface area contributed by atoms with Crippen molar-refractivity contribution in [1.29, 1.82) is 0 Å². The van der Waals surface area contributed by atoms with Gasteiger partial charge in [0.05, 0.1) is 12.6 Å². The number of aliphatic carboxylic acids is 1. The van der Waals surface area contributed by atoms with Gasteiger partial charge in [-0.25, -0.2) is 0 Å². The number of phenolic OH excluding ortho intramolecular Hbond substituents is 2. The molecule has 0 spiro atoms. The van der Waals surface area contributed by atoms with Crippen LogP contribution in [0.4, 0.5) is 0 Å². The zero-order valence-electron chi connectivity index (χ0n) is 8.33. The number of carboxylic acid groups (broad SMARTS) is 1. The second kappa shape index (κ2) is 5.59. The Morgan fingerprint density at radius 1 is 1.44 bits per heavy atom. The SMILES string of the molecule is O=C(O)CCO/N=C/c1ccc(O)cc1O. The van der Waals surface area contributed by atoms with Crippen molar-refractivity contribution in [3.8, 4) is 11.5 Å². The van der Waals surface area contributed by atoms with E-state index in [0.29, 0.717) is 5.56 Å². The maximum absolute atomic E-state index is 10.1. The van der Waals surface area contributed by atoms with Crippen LogP contribution in [0.5, 0.6) is 11.5 Å². The summed E-state index contributed by atoms with van der Waals surface area (Å²) in [4.78, 5) is 14.8. The monoisotopic (exact) mass is 225 g/mol. The van der Waals surface area contributed by atoms with Crippen molar-refractivity contribution >= 4 is 12.2 Å². The molecule has 3 N–H and O–H groups in total. The summed E-state index contributed by atoms with van der Waals surface area (Å²) in [6, 6.07) is 4.01. The summed E-state index contributed by atoms with van der Waals surface area (Å²) in [6.45, 7) is -0.0370. The topological polar surface area (TPSA) is 99.4 Å². The number of carboxylic acids is 1. The van der Waals surface area contributed by atoms with Gasteiger partial charge in [0.2, 0.25) is 0 Å². The van der Waals surface area contributed by atoms with Gasteiger partial charge in [-0.15, -0.1) is 0 Å². The molecule has 1 rings (SSSR count). The lowest BCUT2D eigenvalue weighted by Crippen LogP contribution is -1.99. The number of rotatable bonds is 5. The molecule has 0 saturated carbocycles. The number of hydrogen-bond acceptors (Lipinski definition) is 5. The maximum Gasteiger partial charge on any atom is 0.306 e. The van der Waals surface area contributed by atoms with Gasteiger partial charge in [0.1, 0.15) is 18.1 Å². The normalized spacial score (nSPS) is 10.5. The van der Waals surface area contributed by atoms with Gasteiger partial charge in [0.25, 0.3) is 0 Å². The van der Waals surface area contributed by atoms with E-state index in [-0.39, 0.29) is 24.5 Å². The van der Waals surface area contributed by atoms with E-state index in [9.17, 15) is 9.90 Å². The average molecular weight is 225 g/mol. The first kappa shape index (κ1) is 11.8. The molecule has 0 aliphatic rings. The van der Waals surface area contributed by atoms with Gasteiger partial charge in [0.15, 0.2) is 0 Å². The van der Waals surface area contributed by atoms with Crippen molar-refractivity contribution in [1.82, 2.24) is 0 Å². The maximum atomic E-state index is 10.1. The van der Waals surface area contributed by atoms with Crippen LogP contribution in [0.2, 0.25) is 0 Å². The molecule has 0 aliphatic carbocycles. The first-order valence-electron chi connectivity index (χ1n) is 4.48. The molecule has 6 nitrogen and oxygen atoms in total. The Hall–Kier alpha value is -2.24. The summed E-state index contributed by atoms with van der Waals surface area (Å²) in [7, 11) is 0.